The Morgan fingerprint density at radius 2 is 1.86 bits per heavy atom. The molecule has 0 amide bonds. The molecule has 0 radical (unpaired) electrons. The van der Waals surface area contributed by atoms with Crippen LogP contribution >= 0.6 is 0 Å². The van der Waals surface area contributed by atoms with Gasteiger partial charge in [0.25, 0.3) is 0 Å². The molecule has 3 saturated carbocycles. The van der Waals surface area contributed by atoms with Gasteiger partial charge in [-0.1, -0.05) is 48.9 Å². The summed E-state index contributed by atoms with van der Waals surface area (Å²) in [5.74, 6) is 3.43. The third kappa shape index (κ3) is 3.81. The van der Waals surface area contributed by atoms with Crippen LogP contribution in [0.5, 0.6) is 0 Å². The fraction of sp³-hybridized carbons (Fsp3) is 0.576. The molecule has 4 fully saturated rings. The third-order valence-electron chi connectivity index (χ3n) is 11.1. The second-order valence-electron chi connectivity index (χ2n) is 12.6. The minimum absolute atomic E-state index is 0.252. The van der Waals surface area contributed by atoms with Crippen LogP contribution < -0.4 is 0 Å². The molecule has 4 aliphatic carbocycles. The summed E-state index contributed by atoms with van der Waals surface area (Å²) in [5, 5.41) is 9.65. The fourth-order valence-corrected chi connectivity index (χ4v) is 9.47. The van der Waals surface area contributed by atoms with Crippen molar-refractivity contribution in [1.82, 2.24) is 4.98 Å². The molecule has 192 valence electrons. The van der Waals surface area contributed by atoms with Gasteiger partial charge in [-0.15, -0.1) is 0 Å². The number of allylic oxidation sites excluding steroid dienone is 1. The Hall–Kier alpha value is -2.48. The zero-order valence-electron chi connectivity index (χ0n) is 21.9. The molecule has 2 aromatic rings. The maximum Gasteiger partial charge on any atom is 0.172 e. The zero-order chi connectivity index (χ0) is 25.0. The molecule has 1 saturated heterocycles. The van der Waals surface area contributed by atoms with E-state index in [2.05, 4.69) is 54.4 Å². The summed E-state index contributed by atoms with van der Waals surface area (Å²) in [6.07, 6.45) is 15.1. The highest BCUT2D eigenvalue weighted by Gasteiger charge is 2.60. The van der Waals surface area contributed by atoms with Crippen molar-refractivity contribution < 1.29 is 9.47 Å². The Bertz CT molecular complexity index is 1210. The maximum absolute atomic E-state index is 9.65. The molecule has 7 atom stereocenters. The summed E-state index contributed by atoms with van der Waals surface area (Å²) in [5.41, 5.74) is 5.74. The van der Waals surface area contributed by atoms with E-state index in [1.54, 1.807) is 5.57 Å². The number of pyridine rings is 1. The topological polar surface area (TPSA) is 55.1 Å². The zero-order valence-corrected chi connectivity index (χ0v) is 21.9. The lowest BCUT2D eigenvalue weighted by Gasteiger charge is -2.57. The van der Waals surface area contributed by atoms with E-state index in [0.717, 1.165) is 32.0 Å². The fourth-order valence-electron chi connectivity index (χ4n) is 9.47. The number of hydrogen-bond acceptors (Lipinski definition) is 4. The molecule has 0 N–H and O–H groups in total. The molecule has 1 aromatic heterocycles. The number of benzene rings is 1. The van der Waals surface area contributed by atoms with Crippen molar-refractivity contribution in [3.63, 3.8) is 0 Å². The predicted octanol–water partition coefficient (Wildman–Crippen LogP) is 7.29. The van der Waals surface area contributed by atoms with Crippen molar-refractivity contribution in [3.8, 4) is 17.2 Å². The van der Waals surface area contributed by atoms with Gasteiger partial charge < -0.3 is 9.47 Å². The van der Waals surface area contributed by atoms with E-state index in [4.69, 9.17) is 9.47 Å². The van der Waals surface area contributed by atoms with E-state index in [1.165, 1.54) is 48.8 Å². The molecule has 1 unspecified atom stereocenters. The number of aromatic nitrogens is 1. The van der Waals surface area contributed by atoms with Crippen LogP contribution in [-0.2, 0) is 9.47 Å². The van der Waals surface area contributed by atoms with Gasteiger partial charge >= 0.3 is 0 Å². The predicted molar refractivity (Wildman–Crippen MR) is 143 cm³/mol. The van der Waals surface area contributed by atoms with Crippen LogP contribution in [0, 0.1) is 46.3 Å². The normalized spacial score (nSPS) is 37.8. The highest BCUT2D eigenvalue weighted by molar-refractivity contribution is 5.62. The number of nitrogens with zero attached hydrogens (tertiary/aromatic N) is 2. The van der Waals surface area contributed by atoms with Crippen LogP contribution in [0.4, 0.5) is 0 Å². The number of hydrogen-bond donors (Lipinski definition) is 0. The van der Waals surface area contributed by atoms with E-state index < -0.39 is 0 Å². The lowest BCUT2D eigenvalue weighted by atomic mass is 9.47. The van der Waals surface area contributed by atoms with E-state index >= 15 is 0 Å². The summed E-state index contributed by atoms with van der Waals surface area (Å²) < 4.78 is 12.3. The molecular weight excluding hydrogens is 456 g/mol. The summed E-state index contributed by atoms with van der Waals surface area (Å²) in [6.45, 7) is 4.00. The van der Waals surface area contributed by atoms with Gasteiger partial charge in [-0.2, -0.15) is 5.26 Å². The molecule has 7 rings (SSSR count). The van der Waals surface area contributed by atoms with Crippen molar-refractivity contribution in [1.29, 1.82) is 5.26 Å². The minimum Gasteiger partial charge on any atom is -0.347 e. The molecule has 5 aliphatic rings. The second-order valence-corrected chi connectivity index (χ2v) is 12.6. The summed E-state index contributed by atoms with van der Waals surface area (Å²) in [7, 11) is 0. The molecule has 0 bridgehead atoms. The van der Waals surface area contributed by atoms with Crippen molar-refractivity contribution >= 4 is 0 Å². The summed E-state index contributed by atoms with van der Waals surface area (Å²) in [6, 6.07) is 16.1. The minimum atomic E-state index is -0.357. The number of rotatable bonds is 3. The molecule has 1 aromatic carbocycles. The van der Waals surface area contributed by atoms with Crippen molar-refractivity contribution in [2.24, 2.45) is 35.0 Å². The van der Waals surface area contributed by atoms with Gasteiger partial charge in [-0.3, -0.25) is 4.98 Å². The highest BCUT2D eigenvalue weighted by atomic mass is 16.7. The lowest BCUT2D eigenvalue weighted by Crippen LogP contribution is -2.51. The van der Waals surface area contributed by atoms with Crippen LogP contribution in [0.2, 0.25) is 0 Å². The van der Waals surface area contributed by atoms with Gasteiger partial charge in [-0.25, -0.2) is 0 Å². The van der Waals surface area contributed by atoms with E-state index in [-0.39, 0.29) is 11.2 Å². The second kappa shape index (κ2) is 9.07. The van der Waals surface area contributed by atoms with Gasteiger partial charge in [0.2, 0.25) is 0 Å². The van der Waals surface area contributed by atoms with Crippen LogP contribution in [0.1, 0.15) is 69.8 Å². The van der Waals surface area contributed by atoms with Gasteiger partial charge in [0.1, 0.15) is 0 Å². The molecule has 1 aliphatic heterocycles. The highest BCUT2D eigenvalue weighted by Crippen LogP contribution is 2.67. The summed E-state index contributed by atoms with van der Waals surface area (Å²) >= 11 is 0. The SMILES string of the molecule is C[C@]12C[C@H](c3ccc(-c4cccnc4)cc3)[C@H]3[C@@H](CC=C4CC5(CC[C@@H]43)OCCO5)[C@@H]1CCC2CC#N. The maximum atomic E-state index is 9.65. The third-order valence-corrected chi connectivity index (χ3v) is 11.1. The largest absolute Gasteiger partial charge is 0.347 e. The molecule has 4 nitrogen and oxygen atoms in total. The van der Waals surface area contributed by atoms with Gasteiger partial charge in [-0.05, 0) is 95.8 Å². The van der Waals surface area contributed by atoms with Crippen molar-refractivity contribution in [3.05, 3.63) is 66.0 Å². The standard InChI is InChI=1S/C33H38N2O2/c1-32-20-29(23-6-4-22(5-7-23)25-3-2-16-35-21-25)31-27-12-14-33(36-17-18-37-33)19-24(27)8-10-28(31)30(32)11-9-26(32)13-15-34/h2-8,16,21,26-31H,9-14,17-20H2,1H3/t26?,27-,28-,29+,30-,31+,32+/m0/s1. The summed E-state index contributed by atoms with van der Waals surface area (Å²) in [4.78, 5) is 4.32. The average Bonchev–Trinajstić information content (AvgIpc) is 3.52. The Balaban J connectivity index is 1.26. The van der Waals surface area contributed by atoms with Crippen LogP contribution in [-0.4, -0.2) is 24.0 Å². The van der Waals surface area contributed by atoms with Crippen LogP contribution in [0.25, 0.3) is 11.1 Å². The van der Waals surface area contributed by atoms with Crippen LogP contribution in [0.15, 0.2) is 60.4 Å². The van der Waals surface area contributed by atoms with Gasteiger partial charge in [0.15, 0.2) is 5.79 Å². The molecule has 4 heteroatoms. The first-order valence-electron chi connectivity index (χ1n) is 14.4. The molecule has 2 heterocycles. The van der Waals surface area contributed by atoms with Crippen LogP contribution in [0.3, 0.4) is 0 Å². The van der Waals surface area contributed by atoms with E-state index in [0.29, 0.717) is 36.0 Å². The average molecular weight is 495 g/mol. The Morgan fingerprint density at radius 1 is 1.03 bits per heavy atom. The van der Waals surface area contributed by atoms with E-state index in [1.807, 2.05) is 18.5 Å². The number of fused-ring (bicyclic) bond motifs is 5. The Morgan fingerprint density at radius 3 is 2.62 bits per heavy atom. The van der Waals surface area contributed by atoms with Gasteiger partial charge in [0, 0.05) is 31.7 Å². The first-order valence-corrected chi connectivity index (χ1v) is 14.4. The van der Waals surface area contributed by atoms with Crippen molar-refractivity contribution in [2.45, 2.75) is 70.0 Å². The lowest BCUT2D eigenvalue weighted by molar-refractivity contribution is -0.177. The molecule has 1 spiro atoms. The monoisotopic (exact) mass is 494 g/mol. The quantitative estimate of drug-likeness (QED) is 0.421. The first kappa shape index (κ1) is 23.6. The van der Waals surface area contributed by atoms with E-state index in [9.17, 15) is 5.26 Å². The molecular formula is C33H38N2O2. The smallest absolute Gasteiger partial charge is 0.172 e. The van der Waals surface area contributed by atoms with Gasteiger partial charge in [0.05, 0.1) is 19.3 Å². The Kier molecular flexibility index (Phi) is 5.79. The Labute approximate surface area is 221 Å². The number of nitriles is 1. The first-order chi connectivity index (χ1) is 18.1. The number of ether oxygens (including phenoxy) is 2. The molecule has 37 heavy (non-hydrogen) atoms. The van der Waals surface area contributed by atoms with Crippen molar-refractivity contribution in [2.75, 3.05) is 13.2 Å².